The van der Waals surface area contributed by atoms with Crippen molar-refractivity contribution >= 4 is 0 Å². The summed E-state index contributed by atoms with van der Waals surface area (Å²) < 4.78 is 88.8. The molecular formula is C24H34F5N3O3. The molecule has 6 nitrogen and oxygen atoms in total. The van der Waals surface area contributed by atoms with Crippen molar-refractivity contribution in [2.24, 2.45) is 5.92 Å². The Bertz CT molecular complexity index is 802. The third kappa shape index (κ3) is 6.14. The molecule has 0 spiro atoms. The fourth-order valence-corrected chi connectivity index (χ4v) is 5.12. The zero-order valence-corrected chi connectivity index (χ0v) is 19.7. The molecule has 11 heteroatoms. The molecule has 0 radical (unpaired) electrons. The summed E-state index contributed by atoms with van der Waals surface area (Å²) in [6.45, 7) is 1.59. The molecule has 35 heavy (non-hydrogen) atoms. The summed E-state index contributed by atoms with van der Waals surface area (Å²) in [5.74, 6) is -0.991. The van der Waals surface area contributed by atoms with Crippen LogP contribution in [-0.2, 0) is 20.8 Å². The van der Waals surface area contributed by atoms with E-state index in [1.165, 1.54) is 0 Å². The number of nitrogens with one attached hydrogen (secondary N) is 3. The second kappa shape index (κ2) is 11.4. The van der Waals surface area contributed by atoms with Gasteiger partial charge in [0.05, 0.1) is 24.7 Å². The summed E-state index contributed by atoms with van der Waals surface area (Å²) in [6.07, 6.45) is -8.70. The topological polar surface area (TPSA) is 63.8 Å². The second-order valence-electron chi connectivity index (χ2n) is 9.70. The molecule has 3 saturated heterocycles. The third-order valence-corrected chi connectivity index (χ3v) is 7.19. The van der Waals surface area contributed by atoms with E-state index in [-0.39, 0.29) is 32.0 Å². The molecule has 3 N–H and O–H groups in total. The van der Waals surface area contributed by atoms with Gasteiger partial charge in [-0.05, 0) is 38.2 Å². The molecule has 0 amide bonds. The van der Waals surface area contributed by atoms with Crippen LogP contribution in [0.2, 0.25) is 0 Å². The summed E-state index contributed by atoms with van der Waals surface area (Å²) in [6, 6.07) is 8.19. The number of alkyl halides is 5. The van der Waals surface area contributed by atoms with E-state index in [9.17, 15) is 22.0 Å². The summed E-state index contributed by atoms with van der Waals surface area (Å²) in [5, 5.41) is 3.07. The second-order valence-corrected chi connectivity index (χ2v) is 9.70. The molecule has 3 aliphatic heterocycles. The van der Waals surface area contributed by atoms with Gasteiger partial charge in [0.15, 0.2) is 6.23 Å². The van der Waals surface area contributed by atoms with Crippen LogP contribution in [-0.4, -0.2) is 49.0 Å². The van der Waals surface area contributed by atoms with Gasteiger partial charge in [0.2, 0.25) is 12.0 Å². The SMILES string of the molecule is C[C@@H]1CCCCC[C@](OCc2ccccc2)(C(F)(F)F)C2NNC(O2)C2CCC(C(F)F)C(N2)O1. The van der Waals surface area contributed by atoms with Gasteiger partial charge in [-0.1, -0.05) is 49.6 Å². The molecule has 5 unspecified atom stereocenters. The molecule has 7 atom stereocenters. The highest BCUT2D eigenvalue weighted by Crippen LogP contribution is 2.43. The van der Waals surface area contributed by atoms with Crippen LogP contribution < -0.4 is 16.2 Å². The number of hydrogen-bond acceptors (Lipinski definition) is 6. The van der Waals surface area contributed by atoms with Crippen LogP contribution in [0, 0.1) is 5.92 Å². The van der Waals surface area contributed by atoms with Crippen molar-refractivity contribution in [2.75, 3.05) is 0 Å². The summed E-state index contributed by atoms with van der Waals surface area (Å²) in [4.78, 5) is 0. The Hall–Kier alpha value is -1.37. The van der Waals surface area contributed by atoms with Crippen LogP contribution in [0.25, 0.3) is 0 Å². The van der Waals surface area contributed by atoms with Crippen molar-refractivity contribution in [1.82, 2.24) is 16.2 Å². The largest absolute Gasteiger partial charge is 0.421 e. The monoisotopic (exact) mass is 507 g/mol. The average molecular weight is 508 g/mol. The summed E-state index contributed by atoms with van der Waals surface area (Å²) in [5.41, 5.74) is 3.50. The Morgan fingerprint density at radius 1 is 1.00 bits per heavy atom. The molecule has 0 aromatic heterocycles. The lowest BCUT2D eigenvalue weighted by Gasteiger charge is -2.41. The van der Waals surface area contributed by atoms with Crippen molar-refractivity contribution in [2.45, 2.75) is 108 Å². The fourth-order valence-electron chi connectivity index (χ4n) is 5.12. The number of ether oxygens (including phenoxy) is 3. The van der Waals surface area contributed by atoms with Crippen molar-refractivity contribution in [3.8, 4) is 0 Å². The molecule has 4 bridgehead atoms. The maximum absolute atomic E-state index is 14.7. The zero-order valence-electron chi connectivity index (χ0n) is 19.7. The van der Waals surface area contributed by atoms with Crippen LogP contribution in [0.5, 0.6) is 0 Å². The van der Waals surface area contributed by atoms with Gasteiger partial charge in [0.25, 0.3) is 0 Å². The Morgan fingerprint density at radius 3 is 2.49 bits per heavy atom. The van der Waals surface area contributed by atoms with Crippen molar-refractivity contribution in [3.05, 3.63) is 35.9 Å². The van der Waals surface area contributed by atoms with Gasteiger partial charge < -0.3 is 14.2 Å². The van der Waals surface area contributed by atoms with E-state index in [0.29, 0.717) is 31.2 Å². The molecule has 3 aliphatic rings. The number of rotatable bonds is 4. The molecule has 1 aromatic carbocycles. The molecule has 0 aliphatic carbocycles. The molecule has 198 valence electrons. The predicted octanol–water partition coefficient (Wildman–Crippen LogP) is 4.61. The van der Waals surface area contributed by atoms with Crippen LogP contribution in [0.15, 0.2) is 30.3 Å². The minimum absolute atomic E-state index is 0.174. The van der Waals surface area contributed by atoms with Crippen LogP contribution >= 0.6 is 0 Å². The van der Waals surface area contributed by atoms with E-state index in [1.54, 1.807) is 30.3 Å². The van der Waals surface area contributed by atoms with Crippen molar-refractivity contribution in [3.63, 3.8) is 0 Å². The molecule has 0 saturated carbocycles. The lowest BCUT2D eigenvalue weighted by atomic mass is 9.91. The van der Waals surface area contributed by atoms with E-state index in [2.05, 4.69) is 16.2 Å². The zero-order chi connectivity index (χ0) is 25.1. The smallest absolute Gasteiger partial charge is 0.360 e. The minimum atomic E-state index is -4.72. The molecule has 4 rings (SSSR count). The highest BCUT2D eigenvalue weighted by atomic mass is 19.4. The Labute approximate surface area is 202 Å². The maximum Gasteiger partial charge on any atom is 0.421 e. The lowest BCUT2D eigenvalue weighted by molar-refractivity contribution is -0.320. The standard InChI is InChI=1S/C24H34F5N3O3/c1-15-8-4-3-7-13-23(24(27,28)29,33-14-16-9-5-2-6-10-16)22-32-31-21(35-22)18-12-11-17(19(25)26)20(30-18)34-15/h2,5-6,9-10,15,17-22,30-32H,3-4,7-8,11-14H2,1H3/t15-,17?,18?,20?,21?,22?,23-/m1/s1. The summed E-state index contributed by atoms with van der Waals surface area (Å²) in [7, 11) is 0. The first kappa shape index (κ1) is 26.7. The fraction of sp³-hybridized carbons (Fsp3) is 0.750. The van der Waals surface area contributed by atoms with E-state index in [4.69, 9.17) is 14.2 Å². The maximum atomic E-state index is 14.7. The molecule has 1 aromatic rings. The van der Waals surface area contributed by atoms with Gasteiger partial charge >= 0.3 is 6.18 Å². The molecule has 3 heterocycles. The van der Waals surface area contributed by atoms with E-state index < -0.39 is 48.8 Å². The first-order valence-corrected chi connectivity index (χ1v) is 12.3. The van der Waals surface area contributed by atoms with Gasteiger partial charge in [-0.2, -0.15) is 13.2 Å². The van der Waals surface area contributed by atoms with Crippen LogP contribution in [0.1, 0.15) is 57.4 Å². The van der Waals surface area contributed by atoms with Crippen LogP contribution in [0.3, 0.4) is 0 Å². The van der Waals surface area contributed by atoms with E-state index >= 15 is 0 Å². The molecule has 3 fully saturated rings. The predicted molar refractivity (Wildman–Crippen MR) is 118 cm³/mol. The quantitative estimate of drug-likeness (QED) is 0.518. The first-order chi connectivity index (χ1) is 16.7. The Morgan fingerprint density at radius 2 is 1.77 bits per heavy atom. The number of fused-ring (bicyclic) bond motifs is 5. The highest BCUT2D eigenvalue weighted by Gasteiger charge is 2.63. The molecular weight excluding hydrogens is 473 g/mol. The average Bonchev–Trinajstić information content (AvgIpc) is 3.30. The first-order valence-electron chi connectivity index (χ1n) is 12.3. The Balaban J connectivity index is 1.58. The minimum Gasteiger partial charge on any atom is -0.360 e. The highest BCUT2D eigenvalue weighted by molar-refractivity contribution is 5.14. The number of benzene rings is 1. The van der Waals surface area contributed by atoms with Crippen LogP contribution in [0.4, 0.5) is 22.0 Å². The number of hydrogen-bond donors (Lipinski definition) is 3. The van der Waals surface area contributed by atoms with Crippen molar-refractivity contribution in [1.29, 1.82) is 0 Å². The number of piperidine rings is 1. The number of hydrazine groups is 1. The van der Waals surface area contributed by atoms with Gasteiger partial charge in [0.1, 0.15) is 12.5 Å². The van der Waals surface area contributed by atoms with E-state index in [1.807, 2.05) is 6.92 Å². The lowest BCUT2D eigenvalue weighted by Crippen LogP contribution is -2.61. The Kier molecular flexibility index (Phi) is 8.65. The number of halogens is 5. The van der Waals surface area contributed by atoms with Crippen molar-refractivity contribution < 1.29 is 36.2 Å². The summed E-state index contributed by atoms with van der Waals surface area (Å²) >= 11 is 0. The van der Waals surface area contributed by atoms with Gasteiger partial charge in [-0.15, -0.1) is 0 Å². The van der Waals surface area contributed by atoms with Gasteiger partial charge in [-0.25, -0.2) is 19.6 Å². The normalized spacial score (nSPS) is 37.2. The third-order valence-electron chi connectivity index (χ3n) is 7.19. The van der Waals surface area contributed by atoms with Gasteiger partial charge in [-0.3, -0.25) is 5.32 Å². The van der Waals surface area contributed by atoms with E-state index in [0.717, 1.165) is 0 Å². The van der Waals surface area contributed by atoms with Gasteiger partial charge in [0, 0.05) is 0 Å².